The lowest BCUT2D eigenvalue weighted by atomic mass is 10.0. The lowest BCUT2D eigenvalue weighted by Crippen LogP contribution is -2.17. The van der Waals surface area contributed by atoms with Gasteiger partial charge in [-0.3, -0.25) is 0 Å². The molecular formula is C23H37NO. The number of unbranched alkanes of at least 4 members (excludes halogenated alkanes) is 9. The fraction of sp³-hybridized carbons (Fsp3) is 0.696. The van der Waals surface area contributed by atoms with E-state index >= 15 is 0 Å². The van der Waals surface area contributed by atoms with Crippen molar-refractivity contribution >= 4 is 5.90 Å². The van der Waals surface area contributed by atoms with Crippen molar-refractivity contribution in [3.63, 3.8) is 0 Å². The van der Waals surface area contributed by atoms with Crippen LogP contribution in [0.15, 0.2) is 35.3 Å². The fourth-order valence-electron chi connectivity index (χ4n) is 3.45. The molecule has 0 N–H and O–H groups in total. The molecule has 0 radical (unpaired) electrons. The second-order valence-electron chi connectivity index (χ2n) is 8.13. The number of ether oxygens (including phenoxy) is 1. The van der Waals surface area contributed by atoms with Crippen LogP contribution in [-0.4, -0.2) is 18.0 Å². The van der Waals surface area contributed by atoms with Crippen molar-refractivity contribution in [3.05, 3.63) is 35.9 Å². The topological polar surface area (TPSA) is 21.6 Å². The standard InChI is InChI=1S/C23H37NO/c1-23(2)20-25-22(24-23)19-15-10-8-6-4-3-5-7-9-12-16-21-17-13-11-14-18-21/h11,13-14,17-18H,3-10,12,15-16,19-20H2,1-2H3. The van der Waals surface area contributed by atoms with Crippen LogP contribution in [0.3, 0.4) is 0 Å². The first kappa shape index (κ1) is 20.0. The summed E-state index contributed by atoms with van der Waals surface area (Å²) in [5.74, 6) is 0.987. The van der Waals surface area contributed by atoms with Crippen molar-refractivity contribution in [1.82, 2.24) is 0 Å². The zero-order chi connectivity index (χ0) is 17.8. The van der Waals surface area contributed by atoms with Gasteiger partial charge in [-0.05, 0) is 38.7 Å². The van der Waals surface area contributed by atoms with Crippen LogP contribution < -0.4 is 0 Å². The third kappa shape index (κ3) is 9.09. The van der Waals surface area contributed by atoms with E-state index in [4.69, 9.17) is 4.74 Å². The maximum absolute atomic E-state index is 5.64. The Morgan fingerprint density at radius 2 is 1.28 bits per heavy atom. The zero-order valence-electron chi connectivity index (χ0n) is 16.4. The maximum atomic E-state index is 5.64. The van der Waals surface area contributed by atoms with Gasteiger partial charge in [0.05, 0.1) is 5.54 Å². The predicted molar refractivity (Wildman–Crippen MR) is 108 cm³/mol. The molecule has 0 aromatic heterocycles. The molecule has 0 saturated carbocycles. The van der Waals surface area contributed by atoms with Crippen LogP contribution in [0.1, 0.15) is 90.0 Å². The van der Waals surface area contributed by atoms with Crippen LogP contribution >= 0.6 is 0 Å². The number of nitrogens with zero attached hydrogens (tertiary/aromatic N) is 1. The maximum Gasteiger partial charge on any atom is 0.183 e. The molecule has 25 heavy (non-hydrogen) atoms. The third-order valence-electron chi connectivity index (χ3n) is 4.97. The van der Waals surface area contributed by atoms with Crippen LogP contribution in [0.2, 0.25) is 0 Å². The summed E-state index contributed by atoms with van der Waals surface area (Å²) in [5.41, 5.74) is 1.50. The minimum Gasteiger partial charge on any atom is -0.478 e. The normalized spacial score (nSPS) is 15.8. The second kappa shape index (κ2) is 11.3. The molecule has 1 aromatic rings. The summed E-state index contributed by atoms with van der Waals surface area (Å²) < 4.78 is 5.64. The van der Waals surface area contributed by atoms with Crippen LogP contribution in [0, 0.1) is 0 Å². The molecule has 140 valence electrons. The van der Waals surface area contributed by atoms with E-state index in [1.165, 1.54) is 76.2 Å². The SMILES string of the molecule is CC1(C)COC(CCCCCCCCCCCCc2ccccc2)=N1. The molecule has 2 rings (SSSR count). The first-order valence-electron chi connectivity index (χ1n) is 10.4. The monoisotopic (exact) mass is 343 g/mol. The number of aliphatic imine (C=N–C) groups is 1. The molecule has 0 bridgehead atoms. The van der Waals surface area contributed by atoms with E-state index in [1.54, 1.807) is 0 Å². The van der Waals surface area contributed by atoms with Gasteiger partial charge in [-0.2, -0.15) is 0 Å². The highest BCUT2D eigenvalue weighted by atomic mass is 16.5. The molecule has 0 spiro atoms. The third-order valence-corrected chi connectivity index (χ3v) is 4.97. The van der Waals surface area contributed by atoms with Crippen LogP contribution in [0.4, 0.5) is 0 Å². The molecule has 0 atom stereocenters. The first-order chi connectivity index (χ1) is 12.2. The van der Waals surface area contributed by atoms with Crippen LogP contribution in [0.25, 0.3) is 0 Å². The number of hydrogen-bond acceptors (Lipinski definition) is 2. The molecule has 0 fully saturated rings. The number of rotatable bonds is 13. The van der Waals surface area contributed by atoms with Gasteiger partial charge in [0.2, 0.25) is 0 Å². The summed E-state index contributed by atoms with van der Waals surface area (Å²) in [4.78, 5) is 4.62. The summed E-state index contributed by atoms with van der Waals surface area (Å²) in [7, 11) is 0. The molecule has 0 amide bonds. The lowest BCUT2D eigenvalue weighted by Gasteiger charge is -2.07. The van der Waals surface area contributed by atoms with E-state index in [0.29, 0.717) is 0 Å². The van der Waals surface area contributed by atoms with E-state index < -0.39 is 0 Å². The highest BCUT2D eigenvalue weighted by molar-refractivity contribution is 5.78. The van der Waals surface area contributed by atoms with Gasteiger partial charge in [-0.25, -0.2) is 4.99 Å². The van der Waals surface area contributed by atoms with Gasteiger partial charge in [0.1, 0.15) is 6.61 Å². The molecule has 1 aliphatic rings. The van der Waals surface area contributed by atoms with Gasteiger partial charge in [0.25, 0.3) is 0 Å². The Morgan fingerprint density at radius 3 is 1.80 bits per heavy atom. The van der Waals surface area contributed by atoms with Gasteiger partial charge < -0.3 is 4.74 Å². The molecule has 1 aliphatic heterocycles. The molecular weight excluding hydrogens is 306 g/mol. The highest BCUT2D eigenvalue weighted by Gasteiger charge is 2.25. The summed E-state index contributed by atoms with van der Waals surface area (Å²) in [6, 6.07) is 10.9. The average molecular weight is 344 g/mol. The molecule has 1 aromatic carbocycles. The van der Waals surface area contributed by atoms with Gasteiger partial charge in [0.15, 0.2) is 5.90 Å². The van der Waals surface area contributed by atoms with Crippen molar-refractivity contribution < 1.29 is 4.74 Å². The Labute approximate surface area is 155 Å². The van der Waals surface area contributed by atoms with Gasteiger partial charge in [-0.15, -0.1) is 0 Å². The van der Waals surface area contributed by atoms with Crippen LogP contribution in [0.5, 0.6) is 0 Å². The minimum atomic E-state index is 0.0103. The van der Waals surface area contributed by atoms with Crippen molar-refractivity contribution in [2.75, 3.05) is 6.61 Å². The molecule has 0 saturated heterocycles. The lowest BCUT2D eigenvalue weighted by molar-refractivity contribution is 0.273. The Kier molecular flexibility index (Phi) is 9.07. The largest absolute Gasteiger partial charge is 0.478 e. The van der Waals surface area contributed by atoms with Crippen molar-refractivity contribution in [1.29, 1.82) is 0 Å². The number of hydrogen-bond donors (Lipinski definition) is 0. The predicted octanol–water partition coefficient (Wildman–Crippen LogP) is 6.73. The fourth-order valence-corrected chi connectivity index (χ4v) is 3.45. The molecule has 0 aliphatic carbocycles. The molecule has 1 heterocycles. The van der Waals surface area contributed by atoms with Gasteiger partial charge in [0, 0.05) is 6.42 Å². The van der Waals surface area contributed by atoms with Crippen molar-refractivity contribution in [2.24, 2.45) is 4.99 Å². The average Bonchev–Trinajstić information content (AvgIpc) is 2.95. The van der Waals surface area contributed by atoms with Gasteiger partial charge >= 0.3 is 0 Å². The Bertz CT molecular complexity index is 492. The Hall–Kier alpha value is -1.31. The zero-order valence-corrected chi connectivity index (χ0v) is 16.4. The number of aryl methyl sites for hydroxylation is 1. The Morgan fingerprint density at radius 1 is 0.760 bits per heavy atom. The first-order valence-corrected chi connectivity index (χ1v) is 10.4. The molecule has 2 nitrogen and oxygen atoms in total. The van der Waals surface area contributed by atoms with Gasteiger partial charge in [-0.1, -0.05) is 81.7 Å². The summed E-state index contributed by atoms with van der Waals surface area (Å²) >= 11 is 0. The van der Waals surface area contributed by atoms with E-state index in [2.05, 4.69) is 49.2 Å². The summed E-state index contributed by atoms with van der Waals surface area (Å²) in [6.45, 7) is 5.04. The van der Waals surface area contributed by atoms with Crippen molar-refractivity contribution in [2.45, 2.75) is 96.4 Å². The summed E-state index contributed by atoms with van der Waals surface area (Å²) in [6.07, 6.45) is 15.9. The van der Waals surface area contributed by atoms with E-state index in [-0.39, 0.29) is 5.54 Å². The van der Waals surface area contributed by atoms with E-state index in [1.807, 2.05) is 0 Å². The molecule has 2 heteroatoms. The van der Waals surface area contributed by atoms with Crippen molar-refractivity contribution in [3.8, 4) is 0 Å². The minimum absolute atomic E-state index is 0.0103. The molecule has 0 unspecified atom stereocenters. The van der Waals surface area contributed by atoms with Crippen LogP contribution in [-0.2, 0) is 11.2 Å². The number of benzene rings is 1. The highest BCUT2D eigenvalue weighted by Crippen LogP contribution is 2.20. The summed E-state index contributed by atoms with van der Waals surface area (Å²) in [5, 5.41) is 0. The van der Waals surface area contributed by atoms with E-state index in [0.717, 1.165) is 18.9 Å². The quantitative estimate of drug-likeness (QED) is 0.364. The Balaban J connectivity index is 1.32. The van der Waals surface area contributed by atoms with E-state index in [9.17, 15) is 0 Å². The smallest absolute Gasteiger partial charge is 0.183 e. The second-order valence-corrected chi connectivity index (χ2v) is 8.13.